The molecule has 0 aliphatic carbocycles. The van der Waals surface area contributed by atoms with Crippen LogP contribution in [-0.2, 0) is 23.1 Å². The van der Waals surface area contributed by atoms with Crippen molar-refractivity contribution in [2.24, 2.45) is 7.05 Å². The minimum Gasteiger partial charge on any atom is -0.463 e. The molecule has 0 unspecified atom stereocenters. The summed E-state index contributed by atoms with van der Waals surface area (Å²) in [5.74, 6) is 1.02. The summed E-state index contributed by atoms with van der Waals surface area (Å²) in [5, 5.41) is 3.36. The van der Waals surface area contributed by atoms with Crippen LogP contribution >= 0.6 is 11.6 Å². The smallest absolute Gasteiger partial charge is 0.330 e. The highest BCUT2D eigenvalue weighted by molar-refractivity contribution is 6.28. The molecular weight excluding hydrogens is 378 g/mol. The van der Waals surface area contributed by atoms with Crippen molar-refractivity contribution in [3.63, 3.8) is 0 Å². The molecule has 8 heteroatoms. The predicted octanol–water partition coefficient (Wildman–Crippen LogP) is 3.72. The van der Waals surface area contributed by atoms with E-state index in [1.165, 1.54) is 6.08 Å². The second-order valence-electron chi connectivity index (χ2n) is 5.94. The number of imidazole rings is 1. The molecular formula is C20H20ClN5O2. The van der Waals surface area contributed by atoms with Gasteiger partial charge in [0, 0.05) is 49.4 Å². The molecule has 3 aromatic rings. The highest BCUT2D eigenvalue weighted by atomic mass is 35.5. The van der Waals surface area contributed by atoms with Gasteiger partial charge in [0.05, 0.1) is 6.61 Å². The van der Waals surface area contributed by atoms with Crippen molar-refractivity contribution in [2.75, 3.05) is 11.9 Å². The highest BCUT2D eigenvalue weighted by Gasteiger charge is 2.07. The fourth-order valence-electron chi connectivity index (χ4n) is 2.58. The van der Waals surface area contributed by atoms with E-state index in [0.717, 1.165) is 17.0 Å². The van der Waals surface area contributed by atoms with Crippen LogP contribution in [0.3, 0.4) is 0 Å². The number of carbonyl (C=O) groups is 1. The Kier molecular flexibility index (Phi) is 6.39. The third-order valence-electron chi connectivity index (χ3n) is 3.97. The van der Waals surface area contributed by atoms with E-state index in [2.05, 4.69) is 20.3 Å². The first-order chi connectivity index (χ1) is 13.6. The van der Waals surface area contributed by atoms with Crippen LogP contribution in [-0.4, -0.2) is 32.1 Å². The second kappa shape index (κ2) is 9.14. The number of rotatable bonds is 7. The third kappa shape index (κ3) is 4.95. The van der Waals surface area contributed by atoms with Gasteiger partial charge in [0.15, 0.2) is 0 Å². The maximum absolute atomic E-state index is 11.5. The van der Waals surface area contributed by atoms with Gasteiger partial charge in [-0.2, -0.15) is 0 Å². The van der Waals surface area contributed by atoms with Gasteiger partial charge in [0.1, 0.15) is 11.6 Å². The average Bonchev–Trinajstić information content (AvgIpc) is 3.12. The molecule has 1 N–H and O–H groups in total. The third-order valence-corrected chi connectivity index (χ3v) is 4.15. The van der Waals surface area contributed by atoms with Gasteiger partial charge < -0.3 is 14.6 Å². The Morgan fingerprint density at radius 2 is 2.07 bits per heavy atom. The summed E-state index contributed by atoms with van der Waals surface area (Å²) in [7, 11) is 1.96. The largest absolute Gasteiger partial charge is 0.463 e. The molecule has 0 fully saturated rings. The highest BCUT2D eigenvalue weighted by Crippen LogP contribution is 2.19. The van der Waals surface area contributed by atoms with Gasteiger partial charge in [-0.3, -0.25) is 0 Å². The molecule has 1 aromatic carbocycles. The molecule has 0 aliphatic heterocycles. The molecule has 7 nitrogen and oxygen atoms in total. The zero-order valence-electron chi connectivity index (χ0n) is 15.6. The molecule has 0 aliphatic rings. The lowest BCUT2D eigenvalue weighted by molar-refractivity contribution is -0.137. The Bertz CT molecular complexity index is 983. The predicted molar refractivity (Wildman–Crippen MR) is 109 cm³/mol. The summed E-state index contributed by atoms with van der Waals surface area (Å²) in [6.07, 6.45) is 8.17. The maximum atomic E-state index is 11.5. The number of nitrogens with zero attached hydrogens (tertiary/aromatic N) is 4. The SMILES string of the molecule is CCOC(=O)/C=C/c1cnc(Cl)nc1NCc1ccc(-c2nccn2C)cc1. The molecule has 0 atom stereocenters. The lowest BCUT2D eigenvalue weighted by Crippen LogP contribution is -2.05. The Balaban J connectivity index is 1.71. The fourth-order valence-corrected chi connectivity index (χ4v) is 2.72. The normalized spacial score (nSPS) is 11.0. The molecule has 3 rings (SSSR count). The van der Waals surface area contributed by atoms with E-state index in [1.807, 2.05) is 42.1 Å². The first-order valence-electron chi connectivity index (χ1n) is 8.74. The number of esters is 1. The van der Waals surface area contributed by atoms with Crippen molar-refractivity contribution in [2.45, 2.75) is 13.5 Å². The quantitative estimate of drug-likeness (QED) is 0.371. The van der Waals surface area contributed by atoms with E-state index in [1.54, 1.807) is 25.4 Å². The number of nitrogens with one attached hydrogen (secondary N) is 1. The molecule has 28 heavy (non-hydrogen) atoms. The molecule has 0 saturated heterocycles. The summed E-state index contributed by atoms with van der Waals surface area (Å²) >= 11 is 5.92. The number of aryl methyl sites for hydroxylation is 1. The summed E-state index contributed by atoms with van der Waals surface area (Å²) < 4.78 is 6.86. The van der Waals surface area contributed by atoms with E-state index in [4.69, 9.17) is 16.3 Å². The molecule has 2 heterocycles. The van der Waals surface area contributed by atoms with Crippen molar-refractivity contribution >= 4 is 29.5 Å². The van der Waals surface area contributed by atoms with Crippen molar-refractivity contribution in [1.82, 2.24) is 19.5 Å². The van der Waals surface area contributed by atoms with Crippen LogP contribution in [0.2, 0.25) is 5.28 Å². The zero-order valence-corrected chi connectivity index (χ0v) is 16.3. The first kappa shape index (κ1) is 19.6. The number of benzene rings is 1. The number of hydrogen-bond donors (Lipinski definition) is 1. The van der Waals surface area contributed by atoms with Gasteiger partial charge in [-0.15, -0.1) is 0 Å². The van der Waals surface area contributed by atoms with E-state index in [-0.39, 0.29) is 5.28 Å². The lowest BCUT2D eigenvalue weighted by atomic mass is 10.1. The molecule has 0 bridgehead atoms. The fraction of sp³-hybridized carbons (Fsp3) is 0.200. The van der Waals surface area contributed by atoms with Crippen molar-refractivity contribution in [3.05, 3.63) is 65.3 Å². The summed E-state index contributed by atoms with van der Waals surface area (Å²) in [5.41, 5.74) is 2.74. The van der Waals surface area contributed by atoms with Crippen LogP contribution in [0.4, 0.5) is 5.82 Å². The number of aromatic nitrogens is 4. The number of halogens is 1. The minimum absolute atomic E-state index is 0.126. The zero-order chi connectivity index (χ0) is 19.9. The van der Waals surface area contributed by atoms with Crippen LogP contribution in [0, 0.1) is 0 Å². The van der Waals surface area contributed by atoms with Crippen LogP contribution in [0.25, 0.3) is 17.5 Å². The Morgan fingerprint density at radius 1 is 1.29 bits per heavy atom. The Hall–Kier alpha value is -3.19. The topological polar surface area (TPSA) is 81.9 Å². The molecule has 2 aromatic heterocycles. The van der Waals surface area contributed by atoms with Crippen LogP contribution in [0.5, 0.6) is 0 Å². The van der Waals surface area contributed by atoms with E-state index in [0.29, 0.717) is 24.5 Å². The molecule has 0 radical (unpaired) electrons. The molecule has 0 spiro atoms. The summed E-state index contributed by atoms with van der Waals surface area (Å²) in [4.78, 5) is 24.0. The Labute approximate surface area is 168 Å². The lowest BCUT2D eigenvalue weighted by Gasteiger charge is -2.09. The van der Waals surface area contributed by atoms with E-state index >= 15 is 0 Å². The maximum Gasteiger partial charge on any atom is 0.330 e. The van der Waals surface area contributed by atoms with E-state index < -0.39 is 5.97 Å². The minimum atomic E-state index is -0.423. The van der Waals surface area contributed by atoms with Gasteiger partial charge >= 0.3 is 5.97 Å². The van der Waals surface area contributed by atoms with Gasteiger partial charge in [-0.1, -0.05) is 24.3 Å². The molecule has 0 saturated carbocycles. The van der Waals surface area contributed by atoms with Gasteiger partial charge in [-0.25, -0.2) is 19.7 Å². The summed E-state index contributed by atoms with van der Waals surface area (Å²) in [6, 6.07) is 8.09. The average molecular weight is 398 g/mol. The number of carbonyl (C=O) groups excluding carboxylic acids is 1. The van der Waals surface area contributed by atoms with Gasteiger partial charge in [0.2, 0.25) is 5.28 Å². The second-order valence-corrected chi connectivity index (χ2v) is 6.28. The van der Waals surface area contributed by atoms with Gasteiger partial charge in [0.25, 0.3) is 0 Å². The van der Waals surface area contributed by atoms with Crippen molar-refractivity contribution in [3.8, 4) is 11.4 Å². The Morgan fingerprint density at radius 3 is 2.75 bits per heavy atom. The monoisotopic (exact) mass is 397 g/mol. The van der Waals surface area contributed by atoms with E-state index in [9.17, 15) is 4.79 Å². The summed E-state index contributed by atoms with van der Waals surface area (Å²) in [6.45, 7) is 2.61. The van der Waals surface area contributed by atoms with Crippen LogP contribution in [0.15, 0.2) is 48.9 Å². The van der Waals surface area contributed by atoms with Crippen molar-refractivity contribution in [1.29, 1.82) is 0 Å². The van der Waals surface area contributed by atoms with Gasteiger partial charge in [-0.05, 0) is 30.2 Å². The van der Waals surface area contributed by atoms with Crippen molar-refractivity contribution < 1.29 is 9.53 Å². The standard InChI is InChI=1S/C20H20ClN5O2/c1-3-28-17(27)9-8-16-13-24-20(21)25-18(16)23-12-14-4-6-15(7-5-14)19-22-10-11-26(19)2/h4-11,13H,3,12H2,1-2H3,(H,23,24,25)/b9-8+. The molecule has 144 valence electrons. The number of hydrogen-bond acceptors (Lipinski definition) is 6. The van der Waals surface area contributed by atoms with Crippen LogP contribution < -0.4 is 5.32 Å². The number of ether oxygens (including phenoxy) is 1. The van der Waals surface area contributed by atoms with Crippen LogP contribution in [0.1, 0.15) is 18.1 Å². The molecule has 0 amide bonds. The number of anilines is 1. The first-order valence-corrected chi connectivity index (χ1v) is 9.12.